The lowest BCUT2D eigenvalue weighted by atomic mass is 10.1. The van der Waals surface area contributed by atoms with Crippen LogP contribution >= 0.6 is 0 Å². The van der Waals surface area contributed by atoms with E-state index in [1.54, 1.807) is 39.0 Å². The first kappa shape index (κ1) is 26.2. The summed E-state index contributed by atoms with van der Waals surface area (Å²) in [6.45, 7) is 5.31. The van der Waals surface area contributed by atoms with Crippen molar-refractivity contribution in [1.29, 1.82) is 0 Å². The molecular formula is C25H25F3N4O5. The molecule has 1 amide bonds. The second-order valence-corrected chi connectivity index (χ2v) is 9.06. The second-order valence-electron chi connectivity index (χ2n) is 9.06. The van der Waals surface area contributed by atoms with Gasteiger partial charge in [-0.15, -0.1) is 18.3 Å². The molecule has 0 saturated carbocycles. The first-order chi connectivity index (χ1) is 17.4. The minimum atomic E-state index is -4.76. The number of epoxide rings is 1. The number of nitrogens with one attached hydrogen (secondary N) is 1. The van der Waals surface area contributed by atoms with Gasteiger partial charge in [0, 0.05) is 12.7 Å². The maximum Gasteiger partial charge on any atom is 0.573 e. The SMILES string of the molecule is COC1OC1/C(=C/c1ccc(-c2ncn(-c3ccc(OC(F)(F)F)cc3)n2)cc1)NC(=O)OC(C)(C)C. The summed E-state index contributed by atoms with van der Waals surface area (Å²) < 4.78 is 58.4. The van der Waals surface area contributed by atoms with Gasteiger partial charge in [0.25, 0.3) is 0 Å². The Bertz CT molecular complexity index is 1270. The monoisotopic (exact) mass is 518 g/mol. The van der Waals surface area contributed by atoms with Gasteiger partial charge in [0.15, 0.2) is 18.2 Å². The zero-order valence-corrected chi connectivity index (χ0v) is 20.4. The Hall–Kier alpha value is -3.90. The van der Waals surface area contributed by atoms with Crippen LogP contribution in [0, 0.1) is 0 Å². The lowest BCUT2D eigenvalue weighted by Crippen LogP contribution is -2.33. The number of alkyl carbamates (subject to hydrolysis) is 1. The molecule has 4 rings (SSSR count). The van der Waals surface area contributed by atoms with E-state index < -0.39 is 30.5 Å². The molecule has 0 spiro atoms. The van der Waals surface area contributed by atoms with E-state index >= 15 is 0 Å². The van der Waals surface area contributed by atoms with Crippen LogP contribution in [0.1, 0.15) is 26.3 Å². The number of rotatable bonds is 7. The van der Waals surface area contributed by atoms with Gasteiger partial charge in [-0.05, 0) is 56.7 Å². The number of halogens is 3. The smallest absolute Gasteiger partial charge is 0.444 e. The second kappa shape index (κ2) is 10.2. The fraction of sp³-hybridized carbons (Fsp3) is 0.320. The van der Waals surface area contributed by atoms with Crippen molar-refractivity contribution >= 4 is 12.2 Å². The summed E-state index contributed by atoms with van der Waals surface area (Å²) in [6.07, 6.45) is -3.03. The molecule has 0 aliphatic carbocycles. The first-order valence-corrected chi connectivity index (χ1v) is 11.2. The van der Waals surface area contributed by atoms with Crippen LogP contribution in [0.2, 0.25) is 0 Å². The van der Waals surface area contributed by atoms with E-state index in [1.165, 1.54) is 42.4 Å². The van der Waals surface area contributed by atoms with Crippen LogP contribution in [0.25, 0.3) is 23.2 Å². The fourth-order valence-corrected chi connectivity index (χ4v) is 3.34. The summed E-state index contributed by atoms with van der Waals surface area (Å²) >= 11 is 0. The molecule has 0 radical (unpaired) electrons. The third-order valence-corrected chi connectivity index (χ3v) is 4.95. The fourth-order valence-electron chi connectivity index (χ4n) is 3.34. The molecule has 2 heterocycles. The van der Waals surface area contributed by atoms with Crippen LogP contribution < -0.4 is 10.1 Å². The van der Waals surface area contributed by atoms with Gasteiger partial charge < -0.3 is 18.9 Å². The van der Waals surface area contributed by atoms with Gasteiger partial charge in [-0.25, -0.2) is 14.5 Å². The molecule has 2 atom stereocenters. The van der Waals surface area contributed by atoms with Crippen LogP contribution in [0.3, 0.4) is 0 Å². The zero-order valence-electron chi connectivity index (χ0n) is 20.4. The number of methoxy groups -OCH3 is 1. The van der Waals surface area contributed by atoms with Gasteiger partial charge in [0.1, 0.15) is 17.7 Å². The maximum absolute atomic E-state index is 12.4. The van der Waals surface area contributed by atoms with Crippen LogP contribution in [0.4, 0.5) is 18.0 Å². The number of carbonyl (C=O) groups excluding carboxylic acids is 1. The summed E-state index contributed by atoms with van der Waals surface area (Å²) in [4.78, 5) is 16.6. The predicted molar refractivity (Wildman–Crippen MR) is 126 cm³/mol. The average molecular weight is 518 g/mol. The first-order valence-electron chi connectivity index (χ1n) is 11.2. The molecule has 196 valence electrons. The maximum atomic E-state index is 12.4. The zero-order chi connectivity index (χ0) is 26.8. The predicted octanol–water partition coefficient (Wildman–Crippen LogP) is 5.07. The number of alkyl halides is 3. The molecule has 37 heavy (non-hydrogen) atoms. The molecule has 0 bridgehead atoms. The highest BCUT2D eigenvalue weighted by atomic mass is 19.4. The Morgan fingerprint density at radius 3 is 2.32 bits per heavy atom. The minimum absolute atomic E-state index is 0.325. The Morgan fingerprint density at radius 1 is 1.08 bits per heavy atom. The number of benzene rings is 2. The van der Waals surface area contributed by atoms with Crippen LogP contribution in [0.15, 0.2) is 60.6 Å². The molecule has 1 aromatic heterocycles. The molecule has 2 unspecified atom stereocenters. The van der Waals surface area contributed by atoms with Gasteiger partial charge in [-0.1, -0.05) is 24.3 Å². The lowest BCUT2D eigenvalue weighted by Gasteiger charge is -2.20. The quantitative estimate of drug-likeness (QED) is 0.436. The Labute approximate surface area is 210 Å². The summed E-state index contributed by atoms with van der Waals surface area (Å²) in [5.41, 5.74) is 1.85. The Balaban J connectivity index is 1.47. The van der Waals surface area contributed by atoms with Crippen LogP contribution in [-0.2, 0) is 14.2 Å². The molecule has 2 aromatic carbocycles. The molecule has 1 aliphatic heterocycles. The van der Waals surface area contributed by atoms with Crippen molar-refractivity contribution in [3.8, 4) is 22.8 Å². The topological polar surface area (TPSA) is 100 Å². The standard InChI is InChI=1S/C25H25F3N4O5/c1-24(2,3)37-23(33)30-19(20-22(34-4)35-20)13-15-5-7-16(8-6-15)21-29-14-32(31-21)17-9-11-18(12-10-17)36-25(26,27)28/h5-14,20,22H,1-4H3,(H,30,33)/b19-13-. The third-order valence-electron chi connectivity index (χ3n) is 4.95. The van der Waals surface area contributed by atoms with Crippen molar-refractivity contribution in [2.24, 2.45) is 0 Å². The van der Waals surface area contributed by atoms with Crippen molar-refractivity contribution in [1.82, 2.24) is 20.1 Å². The number of hydrogen-bond acceptors (Lipinski definition) is 7. The summed E-state index contributed by atoms with van der Waals surface area (Å²) in [7, 11) is 1.52. The van der Waals surface area contributed by atoms with E-state index in [0.717, 1.165) is 5.56 Å². The summed E-state index contributed by atoms with van der Waals surface area (Å²) in [6, 6.07) is 12.5. The Morgan fingerprint density at radius 2 is 1.76 bits per heavy atom. The highest BCUT2D eigenvalue weighted by molar-refractivity contribution is 5.73. The third kappa shape index (κ3) is 7.30. The van der Waals surface area contributed by atoms with Crippen LogP contribution in [-0.4, -0.2) is 52.3 Å². The largest absolute Gasteiger partial charge is 0.573 e. The van der Waals surface area contributed by atoms with Gasteiger partial charge in [-0.2, -0.15) is 0 Å². The number of nitrogens with zero attached hydrogens (tertiary/aromatic N) is 3. The number of carbonyl (C=O) groups is 1. The van der Waals surface area contributed by atoms with Crippen LogP contribution in [0.5, 0.6) is 5.75 Å². The summed E-state index contributed by atoms with van der Waals surface area (Å²) in [5.74, 6) is 0.0948. The lowest BCUT2D eigenvalue weighted by molar-refractivity contribution is -0.274. The van der Waals surface area contributed by atoms with Crippen molar-refractivity contribution < 1.29 is 36.9 Å². The van der Waals surface area contributed by atoms with E-state index in [2.05, 4.69) is 20.1 Å². The van der Waals surface area contributed by atoms with Gasteiger partial charge in [-0.3, -0.25) is 5.32 Å². The molecule has 1 N–H and O–H groups in total. The van der Waals surface area contributed by atoms with Gasteiger partial charge >= 0.3 is 12.5 Å². The van der Waals surface area contributed by atoms with Crippen molar-refractivity contribution in [2.45, 2.75) is 45.1 Å². The molecule has 3 aromatic rings. The summed E-state index contributed by atoms with van der Waals surface area (Å²) in [5, 5.41) is 7.12. The van der Waals surface area contributed by atoms with E-state index in [0.29, 0.717) is 22.8 Å². The van der Waals surface area contributed by atoms with E-state index in [9.17, 15) is 18.0 Å². The molecule has 12 heteroatoms. The van der Waals surface area contributed by atoms with Gasteiger partial charge in [0.2, 0.25) is 0 Å². The van der Waals surface area contributed by atoms with Crippen molar-refractivity contribution in [3.63, 3.8) is 0 Å². The minimum Gasteiger partial charge on any atom is -0.444 e. The molecular weight excluding hydrogens is 493 g/mol. The van der Waals surface area contributed by atoms with Crippen molar-refractivity contribution in [2.75, 3.05) is 7.11 Å². The normalized spacial score (nSPS) is 17.9. The molecule has 9 nitrogen and oxygen atoms in total. The number of ether oxygens (including phenoxy) is 4. The number of amides is 1. The average Bonchev–Trinajstić information content (AvgIpc) is 3.44. The van der Waals surface area contributed by atoms with Gasteiger partial charge in [0.05, 0.1) is 11.4 Å². The van der Waals surface area contributed by atoms with E-state index in [-0.39, 0.29) is 5.75 Å². The molecule has 1 aliphatic rings. The Kier molecular flexibility index (Phi) is 7.23. The highest BCUT2D eigenvalue weighted by Gasteiger charge is 2.43. The number of aromatic nitrogens is 3. The van der Waals surface area contributed by atoms with E-state index in [1.807, 2.05) is 12.1 Å². The molecule has 1 fully saturated rings. The van der Waals surface area contributed by atoms with Crippen molar-refractivity contribution in [3.05, 3.63) is 66.1 Å². The highest BCUT2D eigenvalue weighted by Crippen LogP contribution is 2.30. The van der Waals surface area contributed by atoms with E-state index in [4.69, 9.17) is 14.2 Å². The number of hydrogen-bond donors (Lipinski definition) is 1. The molecule has 1 saturated heterocycles.